The summed E-state index contributed by atoms with van der Waals surface area (Å²) in [6.45, 7) is 3.51. The molecular formula is C39H68NO8P. The Kier molecular flexibility index (Phi) is 33.9. The molecule has 1 unspecified atom stereocenters. The average molecular weight is 710 g/mol. The summed E-state index contributed by atoms with van der Waals surface area (Å²) in [6.07, 6.45) is 39.6. The van der Waals surface area contributed by atoms with Crippen molar-refractivity contribution in [3.8, 4) is 0 Å². The summed E-state index contributed by atoms with van der Waals surface area (Å²) >= 11 is 0. The third kappa shape index (κ3) is 35.3. The van der Waals surface area contributed by atoms with Crippen LogP contribution >= 0.6 is 7.82 Å². The number of esters is 2. The number of unbranched alkanes of at least 4 members (excludes halogenated alkanes) is 14. The first-order chi connectivity index (χ1) is 23.8. The fourth-order valence-electron chi connectivity index (χ4n) is 4.70. The number of nitrogens with two attached hydrogens (primary N) is 1. The number of phosphoric acid groups is 1. The van der Waals surface area contributed by atoms with Gasteiger partial charge in [-0.3, -0.25) is 18.6 Å². The Morgan fingerprint density at radius 1 is 0.633 bits per heavy atom. The molecule has 0 aromatic rings. The molecule has 0 spiro atoms. The van der Waals surface area contributed by atoms with Crippen molar-refractivity contribution in [2.75, 3.05) is 26.4 Å². The third-order valence-corrected chi connectivity index (χ3v) is 8.47. The van der Waals surface area contributed by atoms with E-state index in [1.807, 2.05) is 30.4 Å². The number of ether oxygens (including phenoxy) is 2. The normalized spacial score (nSPS) is 14.1. The minimum absolute atomic E-state index is 0.0457. The summed E-state index contributed by atoms with van der Waals surface area (Å²) in [6, 6.07) is 0. The molecule has 0 fully saturated rings. The van der Waals surface area contributed by atoms with E-state index in [9.17, 15) is 19.0 Å². The van der Waals surface area contributed by atoms with E-state index < -0.39 is 32.5 Å². The van der Waals surface area contributed by atoms with Gasteiger partial charge in [0.15, 0.2) is 6.10 Å². The van der Waals surface area contributed by atoms with Crippen LogP contribution in [0, 0.1) is 0 Å². The van der Waals surface area contributed by atoms with Crippen LogP contribution < -0.4 is 5.73 Å². The van der Waals surface area contributed by atoms with Gasteiger partial charge in [0.25, 0.3) is 0 Å². The van der Waals surface area contributed by atoms with Crippen molar-refractivity contribution in [2.24, 2.45) is 5.73 Å². The topological polar surface area (TPSA) is 134 Å². The molecule has 9 nitrogen and oxygen atoms in total. The van der Waals surface area contributed by atoms with Crippen LogP contribution in [-0.2, 0) is 32.7 Å². The summed E-state index contributed by atoms with van der Waals surface area (Å²) in [5.41, 5.74) is 5.33. The third-order valence-electron chi connectivity index (χ3n) is 7.48. The Bertz CT molecular complexity index is 992. The van der Waals surface area contributed by atoms with Crippen LogP contribution in [0.4, 0.5) is 0 Å². The van der Waals surface area contributed by atoms with Crippen LogP contribution in [-0.4, -0.2) is 49.3 Å². The van der Waals surface area contributed by atoms with E-state index in [2.05, 4.69) is 44.2 Å². The molecule has 0 aliphatic heterocycles. The van der Waals surface area contributed by atoms with Gasteiger partial charge in [0.05, 0.1) is 13.2 Å². The molecule has 0 aliphatic carbocycles. The van der Waals surface area contributed by atoms with Crippen LogP contribution in [0.5, 0.6) is 0 Å². The second-order valence-corrected chi connectivity index (χ2v) is 13.6. The van der Waals surface area contributed by atoms with Crippen LogP contribution in [0.3, 0.4) is 0 Å². The SMILES string of the molecule is CC/C=C/C=C/C=C/C=C/CCCCCCCC(=O)OC[C@H](COP(=O)(O)OCCN)OC(=O)CCCCCCC/C=C/CCCCCC. The van der Waals surface area contributed by atoms with Crippen molar-refractivity contribution in [2.45, 2.75) is 148 Å². The van der Waals surface area contributed by atoms with Crippen LogP contribution in [0.2, 0.25) is 0 Å². The van der Waals surface area contributed by atoms with Gasteiger partial charge in [-0.05, 0) is 57.8 Å². The monoisotopic (exact) mass is 709 g/mol. The van der Waals surface area contributed by atoms with Gasteiger partial charge in [-0.15, -0.1) is 0 Å². The van der Waals surface area contributed by atoms with Crippen molar-refractivity contribution in [1.29, 1.82) is 0 Å². The Morgan fingerprint density at radius 3 is 1.73 bits per heavy atom. The first-order valence-electron chi connectivity index (χ1n) is 18.8. The highest BCUT2D eigenvalue weighted by atomic mass is 31.2. The maximum Gasteiger partial charge on any atom is 0.472 e. The minimum Gasteiger partial charge on any atom is -0.462 e. The zero-order valence-electron chi connectivity index (χ0n) is 30.7. The first kappa shape index (κ1) is 46.7. The Morgan fingerprint density at radius 2 is 1.14 bits per heavy atom. The molecule has 0 saturated carbocycles. The number of rotatable bonds is 34. The number of hydrogen-bond acceptors (Lipinski definition) is 8. The summed E-state index contributed by atoms with van der Waals surface area (Å²) in [7, 11) is -4.38. The second-order valence-electron chi connectivity index (χ2n) is 12.1. The molecule has 0 aromatic heterocycles. The Hall–Kier alpha value is -2.29. The van der Waals surface area contributed by atoms with E-state index in [1.54, 1.807) is 0 Å². The smallest absolute Gasteiger partial charge is 0.462 e. The molecular weight excluding hydrogens is 641 g/mol. The number of carbonyl (C=O) groups excluding carboxylic acids is 2. The number of allylic oxidation sites excluding steroid dienone is 10. The maximum atomic E-state index is 12.5. The molecule has 282 valence electrons. The van der Waals surface area contributed by atoms with Gasteiger partial charge in [-0.1, -0.05) is 132 Å². The molecule has 0 radical (unpaired) electrons. The molecule has 3 N–H and O–H groups in total. The number of hydrogen-bond donors (Lipinski definition) is 2. The lowest BCUT2D eigenvalue weighted by atomic mass is 10.1. The maximum absolute atomic E-state index is 12.5. The van der Waals surface area contributed by atoms with Gasteiger partial charge >= 0.3 is 19.8 Å². The van der Waals surface area contributed by atoms with E-state index in [0.29, 0.717) is 12.8 Å². The van der Waals surface area contributed by atoms with E-state index in [4.69, 9.17) is 24.3 Å². The lowest BCUT2D eigenvalue weighted by molar-refractivity contribution is -0.161. The molecule has 10 heteroatoms. The van der Waals surface area contributed by atoms with Crippen molar-refractivity contribution < 1.29 is 37.6 Å². The van der Waals surface area contributed by atoms with Crippen LogP contribution in [0.15, 0.2) is 60.8 Å². The summed E-state index contributed by atoms with van der Waals surface area (Å²) in [5, 5.41) is 0. The van der Waals surface area contributed by atoms with Crippen molar-refractivity contribution in [3.63, 3.8) is 0 Å². The molecule has 0 bridgehead atoms. The van der Waals surface area contributed by atoms with E-state index in [1.165, 1.54) is 25.7 Å². The van der Waals surface area contributed by atoms with E-state index >= 15 is 0 Å². The van der Waals surface area contributed by atoms with Gasteiger partial charge in [0.2, 0.25) is 0 Å². The second kappa shape index (κ2) is 35.5. The molecule has 2 atom stereocenters. The van der Waals surface area contributed by atoms with Crippen molar-refractivity contribution in [1.82, 2.24) is 0 Å². The average Bonchev–Trinajstić information content (AvgIpc) is 3.08. The van der Waals surface area contributed by atoms with Crippen molar-refractivity contribution in [3.05, 3.63) is 60.8 Å². The lowest BCUT2D eigenvalue weighted by Crippen LogP contribution is -2.29. The Labute approximate surface area is 298 Å². The van der Waals surface area contributed by atoms with Gasteiger partial charge in [-0.25, -0.2) is 4.57 Å². The highest BCUT2D eigenvalue weighted by Gasteiger charge is 2.25. The van der Waals surface area contributed by atoms with E-state index in [0.717, 1.165) is 77.0 Å². The minimum atomic E-state index is -4.38. The highest BCUT2D eigenvalue weighted by molar-refractivity contribution is 7.47. The summed E-state index contributed by atoms with van der Waals surface area (Å²) in [4.78, 5) is 34.7. The quantitative estimate of drug-likeness (QED) is 0.0220. The molecule has 49 heavy (non-hydrogen) atoms. The molecule has 0 aliphatic rings. The fourth-order valence-corrected chi connectivity index (χ4v) is 5.46. The number of phosphoric ester groups is 1. The van der Waals surface area contributed by atoms with E-state index in [-0.39, 0.29) is 32.6 Å². The van der Waals surface area contributed by atoms with Crippen LogP contribution in [0.25, 0.3) is 0 Å². The molecule has 0 amide bonds. The summed E-state index contributed by atoms with van der Waals surface area (Å²) in [5.74, 6) is -0.873. The van der Waals surface area contributed by atoms with Crippen LogP contribution in [0.1, 0.15) is 142 Å². The largest absolute Gasteiger partial charge is 0.472 e. The van der Waals surface area contributed by atoms with Gasteiger partial charge in [-0.2, -0.15) is 0 Å². The Balaban J connectivity index is 4.30. The highest BCUT2D eigenvalue weighted by Crippen LogP contribution is 2.43. The predicted molar refractivity (Wildman–Crippen MR) is 201 cm³/mol. The molecule has 0 rings (SSSR count). The van der Waals surface area contributed by atoms with Gasteiger partial charge in [0.1, 0.15) is 6.61 Å². The first-order valence-corrected chi connectivity index (χ1v) is 20.3. The van der Waals surface area contributed by atoms with Gasteiger partial charge in [0, 0.05) is 19.4 Å². The molecule has 0 heterocycles. The molecule has 0 saturated heterocycles. The van der Waals surface area contributed by atoms with Gasteiger partial charge < -0.3 is 20.1 Å². The predicted octanol–water partition coefficient (Wildman–Crippen LogP) is 10.2. The zero-order chi connectivity index (χ0) is 36.1. The number of carbonyl (C=O) groups is 2. The lowest BCUT2D eigenvalue weighted by Gasteiger charge is -2.19. The van der Waals surface area contributed by atoms with Crippen molar-refractivity contribution >= 4 is 19.8 Å². The summed E-state index contributed by atoms with van der Waals surface area (Å²) < 4.78 is 32.6. The zero-order valence-corrected chi connectivity index (χ0v) is 31.5. The molecule has 0 aromatic carbocycles. The standard InChI is InChI=1S/C39H68NO8P/c1-3-5-7-9-11-13-15-17-18-20-21-23-25-27-29-31-38(41)45-35-37(36-47-49(43,44)46-34-33-40)48-39(42)32-30-28-26-24-22-19-16-14-12-10-8-6-4-2/h5,7,9,11,13-18,37H,3-4,6,8,10,12,19-36,40H2,1-2H3,(H,43,44)/b7-5+,11-9+,15-13+,16-14+,18-17+/t37-/m1/s1. The fraction of sp³-hybridized carbons (Fsp3) is 0.692.